The molecule has 0 amide bonds. The number of Topliss-reactive ketones (excluding diaryl/α,β-unsaturated/α-hetero) is 1. The lowest BCUT2D eigenvalue weighted by atomic mass is 9.91. The highest BCUT2D eigenvalue weighted by Crippen LogP contribution is 2.43. The summed E-state index contributed by atoms with van der Waals surface area (Å²) in [5.41, 5.74) is 3.34. The molecule has 2 aliphatic rings. The first kappa shape index (κ1) is 18.7. The molecule has 5 rings (SSSR count). The standard InChI is InChI=1S/C23H26N4OS/c1-14-9-15(2)13-27(12-14)19-7-8-24-11-17(19)10-20(28)18-5-6-21-22(25-18)26-23(29-21)16-3-4-16/h5-8,11,14-16H,3-4,9-10,12-13H2,1-2H3/t14-,15+. The van der Waals surface area contributed by atoms with Crippen LogP contribution < -0.4 is 4.90 Å². The van der Waals surface area contributed by atoms with Gasteiger partial charge in [0, 0.05) is 49.1 Å². The summed E-state index contributed by atoms with van der Waals surface area (Å²) < 4.78 is 1.07. The van der Waals surface area contributed by atoms with Crippen molar-refractivity contribution in [1.29, 1.82) is 0 Å². The van der Waals surface area contributed by atoms with Crippen molar-refractivity contribution >= 4 is 33.2 Å². The summed E-state index contributed by atoms with van der Waals surface area (Å²) in [6.45, 7) is 6.67. The van der Waals surface area contributed by atoms with Crippen molar-refractivity contribution in [2.45, 2.75) is 45.4 Å². The molecule has 0 aromatic carbocycles. The molecule has 150 valence electrons. The van der Waals surface area contributed by atoms with Crippen molar-refractivity contribution in [1.82, 2.24) is 15.0 Å². The number of aromatic nitrogens is 3. The molecule has 0 N–H and O–H groups in total. The van der Waals surface area contributed by atoms with Crippen LogP contribution in [0.3, 0.4) is 0 Å². The summed E-state index contributed by atoms with van der Waals surface area (Å²) in [5.74, 6) is 1.95. The summed E-state index contributed by atoms with van der Waals surface area (Å²) >= 11 is 1.71. The minimum absolute atomic E-state index is 0.0280. The summed E-state index contributed by atoms with van der Waals surface area (Å²) in [6, 6.07) is 5.89. The van der Waals surface area contributed by atoms with Crippen LogP contribution in [0.5, 0.6) is 0 Å². The third-order valence-electron chi connectivity index (χ3n) is 5.92. The Kier molecular flexibility index (Phi) is 4.82. The van der Waals surface area contributed by atoms with E-state index in [4.69, 9.17) is 0 Å². The van der Waals surface area contributed by atoms with Crippen LogP contribution >= 0.6 is 11.3 Å². The van der Waals surface area contributed by atoms with Crippen molar-refractivity contribution in [2.24, 2.45) is 11.8 Å². The molecule has 1 saturated heterocycles. The molecule has 3 aromatic heterocycles. The molecule has 0 bridgehead atoms. The van der Waals surface area contributed by atoms with E-state index in [0.717, 1.165) is 29.0 Å². The number of nitrogens with zero attached hydrogens (tertiary/aromatic N) is 4. The Bertz CT molecular complexity index is 1050. The quantitative estimate of drug-likeness (QED) is 0.566. The number of carbonyl (C=O) groups excluding carboxylic acids is 1. The highest BCUT2D eigenvalue weighted by atomic mass is 32.1. The van der Waals surface area contributed by atoms with E-state index in [-0.39, 0.29) is 5.78 Å². The number of hydrogen-bond donors (Lipinski definition) is 0. The molecule has 2 fully saturated rings. The van der Waals surface area contributed by atoms with Gasteiger partial charge in [0.25, 0.3) is 0 Å². The molecule has 0 spiro atoms. The summed E-state index contributed by atoms with van der Waals surface area (Å²) in [6.07, 6.45) is 7.69. The molecule has 4 heterocycles. The predicted octanol–water partition coefficient (Wildman–Crippen LogP) is 4.87. The van der Waals surface area contributed by atoms with Crippen LogP contribution in [-0.2, 0) is 6.42 Å². The number of rotatable bonds is 5. The van der Waals surface area contributed by atoms with Crippen molar-refractivity contribution in [2.75, 3.05) is 18.0 Å². The molecule has 1 aliphatic heterocycles. The molecule has 2 atom stereocenters. The number of pyridine rings is 2. The van der Waals surface area contributed by atoms with Gasteiger partial charge in [-0.05, 0) is 49.3 Å². The predicted molar refractivity (Wildman–Crippen MR) is 117 cm³/mol. The molecule has 1 saturated carbocycles. The summed E-state index contributed by atoms with van der Waals surface area (Å²) in [4.78, 5) is 29.0. The van der Waals surface area contributed by atoms with Crippen LogP contribution in [0.15, 0.2) is 30.6 Å². The molecule has 1 aliphatic carbocycles. The van der Waals surface area contributed by atoms with E-state index in [1.807, 2.05) is 30.6 Å². The van der Waals surface area contributed by atoms with Crippen LogP contribution in [0.1, 0.15) is 60.1 Å². The molecule has 3 aromatic rings. The maximum absolute atomic E-state index is 13.0. The lowest BCUT2D eigenvalue weighted by Crippen LogP contribution is -2.39. The maximum atomic E-state index is 13.0. The van der Waals surface area contributed by atoms with E-state index in [0.29, 0.717) is 35.5 Å². The number of thiazole rings is 1. The lowest BCUT2D eigenvalue weighted by molar-refractivity contribution is 0.0988. The summed E-state index contributed by atoms with van der Waals surface area (Å²) in [7, 11) is 0. The number of hydrogen-bond acceptors (Lipinski definition) is 6. The fourth-order valence-electron chi connectivity index (χ4n) is 4.48. The Hall–Kier alpha value is -2.34. The van der Waals surface area contributed by atoms with E-state index >= 15 is 0 Å². The van der Waals surface area contributed by atoms with Gasteiger partial charge in [0.05, 0.1) is 9.71 Å². The highest BCUT2D eigenvalue weighted by Gasteiger charge is 2.28. The van der Waals surface area contributed by atoms with Gasteiger partial charge in [-0.1, -0.05) is 13.8 Å². The van der Waals surface area contributed by atoms with Gasteiger partial charge in [-0.25, -0.2) is 9.97 Å². The van der Waals surface area contributed by atoms with Gasteiger partial charge in [-0.2, -0.15) is 0 Å². The van der Waals surface area contributed by atoms with Crippen molar-refractivity contribution in [3.05, 3.63) is 46.9 Å². The van der Waals surface area contributed by atoms with Gasteiger partial charge >= 0.3 is 0 Å². The molecule has 29 heavy (non-hydrogen) atoms. The lowest BCUT2D eigenvalue weighted by Gasteiger charge is -2.37. The second kappa shape index (κ2) is 7.48. The fraction of sp³-hybridized carbons (Fsp3) is 0.478. The van der Waals surface area contributed by atoms with Crippen molar-refractivity contribution < 1.29 is 4.79 Å². The van der Waals surface area contributed by atoms with E-state index in [9.17, 15) is 4.79 Å². The van der Waals surface area contributed by atoms with E-state index in [2.05, 4.69) is 33.7 Å². The Morgan fingerprint density at radius 3 is 2.69 bits per heavy atom. The van der Waals surface area contributed by atoms with Gasteiger partial charge in [0.15, 0.2) is 11.4 Å². The number of piperidine rings is 1. The normalized spacial score (nSPS) is 22.2. The third kappa shape index (κ3) is 3.90. The van der Waals surface area contributed by atoms with Gasteiger partial charge in [-0.15, -0.1) is 11.3 Å². The Morgan fingerprint density at radius 1 is 1.14 bits per heavy atom. The number of fused-ring (bicyclic) bond motifs is 1. The van der Waals surface area contributed by atoms with Gasteiger partial charge in [0.1, 0.15) is 5.69 Å². The monoisotopic (exact) mass is 406 g/mol. The van der Waals surface area contributed by atoms with E-state index in [1.54, 1.807) is 11.3 Å². The van der Waals surface area contributed by atoms with Crippen LogP contribution in [0, 0.1) is 11.8 Å². The van der Waals surface area contributed by atoms with Crippen molar-refractivity contribution in [3.63, 3.8) is 0 Å². The van der Waals surface area contributed by atoms with Gasteiger partial charge in [0.2, 0.25) is 0 Å². The number of ketones is 1. The number of carbonyl (C=O) groups is 1. The maximum Gasteiger partial charge on any atom is 0.185 e. The first-order valence-corrected chi connectivity index (χ1v) is 11.4. The van der Waals surface area contributed by atoms with E-state index < -0.39 is 0 Å². The Balaban J connectivity index is 1.39. The first-order valence-electron chi connectivity index (χ1n) is 10.6. The number of anilines is 1. The largest absolute Gasteiger partial charge is 0.371 e. The molecule has 0 radical (unpaired) electrons. The first-order chi connectivity index (χ1) is 14.1. The van der Waals surface area contributed by atoms with Gasteiger partial charge in [-0.3, -0.25) is 9.78 Å². The van der Waals surface area contributed by atoms with Crippen LogP contribution in [0.2, 0.25) is 0 Å². The third-order valence-corrected chi connectivity index (χ3v) is 7.09. The second-order valence-electron chi connectivity index (χ2n) is 8.80. The summed E-state index contributed by atoms with van der Waals surface area (Å²) in [5, 5.41) is 1.17. The Labute approximate surface area is 175 Å². The highest BCUT2D eigenvalue weighted by molar-refractivity contribution is 7.18. The van der Waals surface area contributed by atoms with Crippen molar-refractivity contribution in [3.8, 4) is 0 Å². The smallest absolute Gasteiger partial charge is 0.185 e. The van der Waals surface area contributed by atoms with Gasteiger partial charge < -0.3 is 4.90 Å². The van der Waals surface area contributed by atoms with E-state index in [1.165, 1.54) is 24.3 Å². The zero-order chi connectivity index (χ0) is 20.0. The SMILES string of the molecule is C[C@@H]1C[C@H](C)CN(c2ccncc2CC(=O)c2ccc3sc(C4CC4)nc3n2)C1. The topological polar surface area (TPSA) is 59.0 Å². The molecule has 6 heteroatoms. The van der Waals surface area contributed by atoms with Crippen LogP contribution in [-0.4, -0.2) is 33.8 Å². The molecule has 5 nitrogen and oxygen atoms in total. The Morgan fingerprint density at radius 2 is 1.93 bits per heavy atom. The molecular weight excluding hydrogens is 380 g/mol. The zero-order valence-corrected chi connectivity index (χ0v) is 17.8. The van der Waals surface area contributed by atoms with Crippen LogP contribution in [0.25, 0.3) is 10.3 Å². The fourth-order valence-corrected chi connectivity index (χ4v) is 5.56. The average molecular weight is 407 g/mol. The van der Waals surface area contributed by atoms with Crippen LogP contribution in [0.4, 0.5) is 5.69 Å². The molecule has 0 unspecified atom stereocenters. The second-order valence-corrected chi connectivity index (χ2v) is 9.86. The average Bonchev–Trinajstić information content (AvgIpc) is 3.46. The minimum Gasteiger partial charge on any atom is -0.371 e. The minimum atomic E-state index is 0.0280. The molecular formula is C23H26N4OS. The zero-order valence-electron chi connectivity index (χ0n) is 17.0.